The number of anilines is 1. The van der Waals surface area contributed by atoms with E-state index in [9.17, 15) is 22.4 Å². The summed E-state index contributed by atoms with van der Waals surface area (Å²) in [5.74, 6) is -0.888. The van der Waals surface area contributed by atoms with E-state index in [2.05, 4.69) is 15.4 Å². The fourth-order valence-electron chi connectivity index (χ4n) is 1.96. The summed E-state index contributed by atoms with van der Waals surface area (Å²) < 4.78 is 53.8. The van der Waals surface area contributed by atoms with Crippen molar-refractivity contribution in [3.8, 4) is 5.75 Å². The molecule has 0 bridgehead atoms. The van der Waals surface area contributed by atoms with Gasteiger partial charge in [-0.15, -0.1) is 13.2 Å². The number of urea groups is 1. The number of halogens is 4. The number of hydrogen-bond donors (Lipinski definition) is 2. The third kappa shape index (κ3) is 5.79. The smallest absolute Gasteiger partial charge is 0.404 e. The summed E-state index contributed by atoms with van der Waals surface area (Å²) in [7, 11) is 0. The molecule has 2 aromatic carbocycles. The second kappa shape index (κ2) is 7.67. The van der Waals surface area contributed by atoms with E-state index in [1.807, 2.05) is 0 Å². The van der Waals surface area contributed by atoms with Gasteiger partial charge in [0.05, 0.1) is 5.69 Å². The molecule has 0 unspecified atom stereocenters. The number of carbonyl (C=O) groups is 1. The predicted molar refractivity (Wildman–Crippen MR) is 80.3 cm³/mol. The van der Waals surface area contributed by atoms with Crippen LogP contribution in [0.2, 0.25) is 0 Å². The van der Waals surface area contributed by atoms with Crippen molar-refractivity contribution in [2.24, 2.45) is 0 Å². The van der Waals surface area contributed by atoms with Gasteiger partial charge in [-0.2, -0.15) is 0 Å². The summed E-state index contributed by atoms with van der Waals surface area (Å²) in [6.45, 7) is 0.192. The maximum absolute atomic E-state index is 13.0. The number of hydrogen-bond acceptors (Lipinski definition) is 2. The first-order valence-corrected chi connectivity index (χ1v) is 6.97. The van der Waals surface area contributed by atoms with E-state index in [1.165, 1.54) is 30.3 Å². The Morgan fingerprint density at radius 3 is 2.54 bits per heavy atom. The zero-order valence-electron chi connectivity index (χ0n) is 12.4. The quantitative estimate of drug-likeness (QED) is 0.804. The molecular formula is C16H14F4N2O2. The Balaban J connectivity index is 1.88. The van der Waals surface area contributed by atoms with Crippen molar-refractivity contribution in [1.29, 1.82) is 0 Å². The molecule has 0 fully saturated rings. The molecule has 0 saturated heterocycles. The van der Waals surface area contributed by atoms with Gasteiger partial charge < -0.3 is 15.4 Å². The monoisotopic (exact) mass is 342 g/mol. The molecule has 2 rings (SSSR count). The Kier molecular flexibility index (Phi) is 5.62. The fourth-order valence-corrected chi connectivity index (χ4v) is 1.96. The molecule has 0 spiro atoms. The van der Waals surface area contributed by atoms with E-state index in [0.717, 1.165) is 6.07 Å². The van der Waals surface area contributed by atoms with Gasteiger partial charge in [-0.1, -0.05) is 24.3 Å². The van der Waals surface area contributed by atoms with Crippen LogP contribution >= 0.6 is 0 Å². The molecule has 0 atom stereocenters. The van der Waals surface area contributed by atoms with Crippen LogP contribution in [0.5, 0.6) is 5.75 Å². The van der Waals surface area contributed by atoms with Crippen molar-refractivity contribution < 1.29 is 27.1 Å². The summed E-state index contributed by atoms with van der Waals surface area (Å²) in [6.07, 6.45) is -4.47. The molecule has 0 aliphatic heterocycles. The average Bonchev–Trinajstić information content (AvgIpc) is 2.48. The molecule has 8 heteroatoms. The molecule has 0 aromatic heterocycles. The van der Waals surface area contributed by atoms with Crippen LogP contribution in [0.4, 0.5) is 28.0 Å². The maximum Gasteiger partial charge on any atom is 0.573 e. The van der Waals surface area contributed by atoms with E-state index < -0.39 is 18.1 Å². The van der Waals surface area contributed by atoms with Gasteiger partial charge in [0.15, 0.2) is 5.75 Å². The van der Waals surface area contributed by atoms with Gasteiger partial charge in [0.25, 0.3) is 0 Å². The Morgan fingerprint density at radius 2 is 1.83 bits per heavy atom. The minimum atomic E-state index is -4.86. The Bertz CT molecular complexity index is 704. The van der Waals surface area contributed by atoms with Gasteiger partial charge in [-0.25, -0.2) is 9.18 Å². The summed E-state index contributed by atoms with van der Waals surface area (Å²) in [5.41, 5.74) is 0.578. The zero-order chi connectivity index (χ0) is 17.6. The Hall–Kier alpha value is -2.77. The maximum atomic E-state index is 13.0. The normalized spacial score (nSPS) is 11.0. The first-order chi connectivity index (χ1) is 11.3. The lowest BCUT2D eigenvalue weighted by molar-refractivity contribution is -0.274. The van der Waals surface area contributed by atoms with Gasteiger partial charge in [-0.05, 0) is 36.2 Å². The second-order valence-electron chi connectivity index (χ2n) is 4.80. The number of alkyl halides is 3. The predicted octanol–water partition coefficient (Wildman–Crippen LogP) is 4.09. The number of ether oxygens (including phenoxy) is 1. The number of carbonyl (C=O) groups excluding carboxylic acids is 1. The van der Waals surface area contributed by atoms with Crippen LogP contribution in [-0.4, -0.2) is 18.9 Å². The van der Waals surface area contributed by atoms with Crippen molar-refractivity contribution in [2.45, 2.75) is 12.8 Å². The van der Waals surface area contributed by atoms with Crippen LogP contribution in [-0.2, 0) is 6.42 Å². The van der Waals surface area contributed by atoms with Crippen molar-refractivity contribution >= 4 is 11.7 Å². The van der Waals surface area contributed by atoms with Crippen LogP contribution in [0, 0.1) is 5.82 Å². The number of amides is 2. The highest BCUT2D eigenvalue weighted by Crippen LogP contribution is 2.29. The molecule has 2 amide bonds. The van der Waals surface area contributed by atoms with Crippen LogP contribution < -0.4 is 15.4 Å². The van der Waals surface area contributed by atoms with Crippen molar-refractivity contribution in [3.63, 3.8) is 0 Å². The van der Waals surface area contributed by atoms with E-state index in [0.29, 0.717) is 12.0 Å². The van der Waals surface area contributed by atoms with Crippen LogP contribution in [0.3, 0.4) is 0 Å². The minimum Gasteiger partial charge on any atom is -0.404 e. The molecule has 4 nitrogen and oxygen atoms in total. The highest BCUT2D eigenvalue weighted by Gasteiger charge is 2.32. The van der Waals surface area contributed by atoms with Gasteiger partial charge >= 0.3 is 12.4 Å². The molecule has 0 radical (unpaired) electrons. The third-order valence-electron chi connectivity index (χ3n) is 2.95. The topological polar surface area (TPSA) is 50.4 Å². The van der Waals surface area contributed by atoms with E-state index in [4.69, 9.17) is 0 Å². The summed E-state index contributed by atoms with van der Waals surface area (Å²) >= 11 is 0. The summed E-state index contributed by atoms with van der Waals surface area (Å²) in [4.78, 5) is 11.8. The van der Waals surface area contributed by atoms with Gasteiger partial charge in [-0.3, -0.25) is 0 Å². The molecule has 128 valence electrons. The number of nitrogens with one attached hydrogen (secondary N) is 2. The van der Waals surface area contributed by atoms with Crippen molar-refractivity contribution in [2.75, 3.05) is 11.9 Å². The minimum absolute atomic E-state index is 0.113. The Morgan fingerprint density at radius 1 is 1.08 bits per heavy atom. The van der Waals surface area contributed by atoms with E-state index >= 15 is 0 Å². The highest BCUT2D eigenvalue weighted by atomic mass is 19.4. The summed E-state index contributed by atoms with van der Waals surface area (Å²) in [6, 6.07) is 10.4. The first-order valence-electron chi connectivity index (χ1n) is 6.97. The lowest BCUT2D eigenvalue weighted by atomic mass is 10.1. The third-order valence-corrected chi connectivity index (χ3v) is 2.95. The fraction of sp³-hybridized carbons (Fsp3) is 0.188. The molecular weight excluding hydrogens is 328 g/mol. The van der Waals surface area contributed by atoms with E-state index in [1.54, 1.807) is 12.1 Å². The van der Waals surface area contributed by atoms with Gasteiger partial charge in [0, 0.05) is 6.54 Å². The lowest BCUT2D eigenvalue weighted by Gasteiger charge is -2.14. The molecule has 24 heavy (non-hydrogen) atoms. The Labute approximate surface area is 135 Å². The largest absolute Gasteiger partial charge is 0.573 e. The molecule has 0 aliphatic carbocycles. The van der Waals surface area contributed by atoms with Crippen LogP contribution in [0.1, 0.15) is 5.56 Å². The van der Waals surface area contributed by atoms with Crippen LogP contribution in [0.15, 0.2) is 48.5 Å². The molecule has 2 N–H and O–H groups in total. The van der Waals surface area contributed by atoms with Crippen molar-refractivity contribution in [1.82, 2.24) is 5.32 Å². The molecule has 0 heterocycles. The second-order valence-corrected chi connectivity index (χ2v) is 4.80. The van der Waals surface area contributed by atoms with Crippen LogP contribution in [0.25, 0.3) is 0 Å². The standard InChI is InChI=1S/C16H14F4N2O2/c17-12-5-3-4-11(10-12)8-9-21-15(23)22-13-6-1-2-7-14(13)24-16(18,19)20/h1-7,10H,8-9H2,(H2,21,22,23). The van der Waals surface area contributed by atoms with Gasteiger partial charge in [0.2, 0.25) is 0 Å². The molecule has 2 aromatic rings. The molecule has 0 aliphatic rings. The highest BCUT2D eigenvalue weighted by molar-refractivity contribution is 5.90. The van der Waals surface area contributed by atoms with Crippen molar-refractivity contribution in [3.05, 3.63) is 59.9 Å². The van der Waals surface area contributed by atoms with E-state index in [-0.39, 0.29) is 18.0 Å². The number of rotatable bonds is 5. The molecule has 0 saturated carbocycles. The van der Waals surface area contributed by atoms with Gasteiger partial charge in [0.1, 0.15) is 5.82 Å². The lowest BCUT2D eigenvalue weighted by Crippen LogP contribution is -2.31. The number of para-hydroxylation sites is 2. The average molecular weight is 342 g/mol. The number of benzene rings is 2. The summed E-state index contributed by atoms with van der Waals surface area (Å²) in [5, 5.41) is 4.76. The first kappa shape index (κ1) is 17.6. The SMILES string of the molecule is O=C(NCCc1cccc(F)c1)Nc1ccccc1OC(F)(F)F. The zero-order valence-corrected chi connectivity index (χ0v) is 12.4.